The van der Waals surface area contributed by atoms with Crippen LogP contribution in [0.25, 0.3) is 0 Å². The van der Waals surface area contributed by atoms with Crippen LogP contribution in [0.15, 0.2) is 76.6 Å². The van der Waals surface area contributed by atoms with Gasteiger partial charge in [0, 0.05) is 21.7 Å². The molecule has 46 heavy (non-hydrogen) atoms. The van der Waals surface area contributed by atoms with Crippen LogP contribution in [0.2, 0.25) is 10.0 Å². The Morgan fingerprint density at radius 2 is 1.74 bits per heavy atom. The predicted molar refractivity (Wildman–Crippen MR) is 174 cm³/mol. The number of H-pyrrole nitrogens is 1. The monoisotopic (exact) mass is 695 g/mol. The van der Waals surface area contributed by atoms with Crippen LogP contribution in [0.1, 0.15) is 22.8 Å². The highest BCUT2D eigenvalue weighted by Gasteiger charge is 2.69. The van der Waals surface area contributed by atoms with E-state index < -0.39 is 17.7 Å². The van der Waals surface area contributed by atoms with Crippen molar-refractivity contribution in [2.24, 2.45) is 29.6 Å². The lowest BCUT2D eigenvalue weighted by Gasteiger charge is -2.43. The average molecular weight is 697 g/mol. The molecule has 3 heterocycles. The lowest BCUT2D eigenvalue weighted by Crippen LogP contribution is -2.42. The maximum absolute atomic E-state index is 13.9. The molecule has 13 heteroatoms. The van der Waals surface area contributed by atoms with Crippen molar-refractivity contribution in [3.63, 3.8) is 0 Å². The first-order valence-corrected chi connectivity index (χ1v) is 17.1. The van der Waals surface area contributed by atoms with Crippen LogP contribution in [0.5, 0.6) is 5.75 Å². The third kappa shape index (κ3) is 4.78. The molecule has 4 aromatic rings. The summed E-state index contributed by atoms with van der Waals surface area (Å²) in [4.78, 5) is 57.9. The summed E-state index contributed by atoms with van der Waals surface area (Å²) >= 11 is 14.8. The van der Waals surface area contributed by atoms with Crippen molar-refractivity contribution in [1.29, 1.82) is 0 Å². The lowest BCUT2D eigenvalue weighted by molar-refractivity contribution is -0.123. The Balaban J connectivity index is 1.08. The zero-order valence-corrected chi connectivity index (χ0v) is 26.9. The highest BCUT2D eigenvalue weighted by molar-refractivity contribution is 8.00. The largest absolute Gasteiger partial charge is 0.484 e. The van der Waals surface area contributed by atoms with Gasteiger partial charge in [0.15, 0.2) is 6.61 Å². The van der Waals surface area contributed by atoms with Gasteiger partial charge in [-0.1, -0.05) is 46.7 Å². The number of benzene rings is 3. The molecule has 3 fully saturated rings. The topological polar surface area (TPSA) is 109 Å². The van der Waals surface area contributed by atoms with Crippen molar-refractivity contribution < 1.29 is 23.5 Å². The number of carbonyl (C=O) groups excluding carboxylic acids is 3. The second-order valence-electron chi connectivity index (χ2n) is 12.0. The molecule has 2 aliphatic carbocycles. The van der Waals surface area contributed by atoms with Crippen LogP contribution < -0.4 is 19.8 Å². The molecule has 8 nitrogen and oxygen atoms in total. The number of thioether (sulfide) groups is 1. The minimum Gasteiger partial charge on any atom is -0.484 e. The van der Waals surface area contributed by atoms with Crippen molar-refractivity contribution in [3.05, 3.63) is 103 Å². The molecule has 3 amide bonds. The number of anilines is 2. The molecule has 2 saturated carbocycles. The van der Waals surface area contributed by atoms with E-state index in [2.05, 4.69) is 10.3 Å². The summed E-state index contributed by atoms with van der Waals surface area (Å²) in [6.45, 7) is -0.247. The van der Waals surface area contributed by atoms with Gasteiger partial charge >= 0.3 is 4.87 Å². The third-order valence-corrected chi connectivity index (χ3v) is 12.9. The fourth-order valence-electron chi connectivity index (χ4n) is 7.95. The van der Waals surface area contributed by atoms with Crippen LogP contribution in [0, 0.1) is 35.4 Å². The Labute approximate surface area is 280 Å². The molecule has 1 saturated heterocycles. The van der Waals surface area contributed by atoms with E-state index in [0.29, 0.717) is 27.2 Å². The number of amides is 3. The summed E-state index contributed by atoms with van der Waals surface area (Å²) in [6.07, 6.45) is 0.743. The molecule has 2 aliphatic heterocycles. The number of aromatic amines is 1. The Hall–Kier alpha value is -3.64. The first kappa shape index (κ1) is 29.7. The van der Waals surface area contributed by atoms with Gasteiger partial charge in [-0.3, -0.25) is 24.1 Å². The zero-order valence-electron chi connectivity index (χ0n) is 23.7. The van der Waals surface area contributed by atoms with Crippen molar-refractivity contribution in [2.45, 2.75) is 22.6 Å². The second-order valence-corrected chi connectivity index (χ2v) is 15.0. The van der Waals surface area contributed by atoms with Crippen LogP contribution in [-0.2, 0) is 14.4 Å². The summed E-state index contributed by atoms with van der Waals surface area (Å²) in [5.74, 6) is -2.08. The van der Waals surface area contributed by atoms with Gasteiger partial charge in [0.2, 0.25) is 11.8 Å². The highest BCUT2D eigenvalue weighted by atomic mass is 35.5. The molecule has 234 valence electrons. The fourth-order valence-corrected chi connectivity index (χ4v) is 11.1. The number of fused-ring (bicyclic) bond motifs is 9. The molecule has 8 rings (SSSR count). The molecule has 0 unspecified atom stereocenters. The van der Waals surface area contributed by atoms with Gasteiger partial charge in [-0.05, 0) is 84.3 Å². The van der Waals surface area contributed by atoms with E-state index in [1.54, 1.807) is 36.0 Å². The highest BCUT2D eigenvalue weighted by Crippen LogP contribution is 2.68. The molecular weight excluding hydrogens is 672 g/mol. The first-order valence-electron chi connectivity index (χ1n) is 14.7. The predicted octanol–water partition coefficient (Wildman–Crippen LogP) is 6.58. The van der Waals surface area contributed by atoms with E-state index in [1.807, 2.05) is 18.2 Å². The maximum Gasteiger partial charge on any atom is 0.305 e. The van der Waals surface area contributed by atoms with E-state index in [1.165, 1.54) is 40.5 Å². The summed E-state index contributed by atoms with van der Waals surface area (Å²) in [5, 5.41) is 4.25. The zero-order chi connectivity index (χ0) is 31.9. The van der Waals surface area contributed by atoms with Gasteiger partial charge in [-0.15, -0.1) is 11.8 Å². The number of halogens is 3. The quantitative estimate of drug-likeness (QED) is 0.221. The van der Waals surface area contributed by atoms with Crippen molar-refractivity contribution >= 4 is 75.4 Å². The maximum atomic E-state index is 13.9. The summed E-state index contributed by atoms with van der Waals surface area (Å²) in [7, 11) is 0. The van der Waals surface area contributed by atoms with Gasteiger partial charge in [-0.2, -0.15) is 0 Å². The molecule has 0 radical (unpaired) electrons. The van der Waals surface area contributed by atoms with Crippen molar-refractivity contribution in [1.82, 2.24) is 4.98 Å². The molecule has 1 aromatic heterocycles. The Morgan fingerprint density at radius 1 is 0.978 bits per heavy atom. The lowest BCUT2D eigenvalue weighted by atomic mass is 9.68. The summed E-state index contributed by atoms with van der Waals surface area (Å²) in [6, 6.07) is 17.7. The fraction of sp³-hybridized carbons (Fsp3) is 0.273. The van der Waals surface area contributed by atoms with Crippen molar-refractivity contribution in [3.8, 4) is 5.75 Å². The van der Waals surface area contributed by atoms with Crippen LogP contribution in [0.3, 0.4) is 0 Å². The van der Waals surface area contributed by atoms with Gasteiger partial charge in [0.1, 0.15) is 11.6 Å². The standard InChI is InChI=1S/C33H24Cl2FN3O5S2/c34-21-9-6-16(11-22(21)35)37-23(40)13-44-18-3-1-2-14(10-18)24-25-19-12-20(28(25)45-30-29(24)46-33(43)38-30)27-26(19)31(41)39(32(27)42)17-7-4-15(36)5-8-17/h1-11,19-20,24-28H,12-13H2,(H,37,40)(H,38,43)/t19-,20-,24+,25-,26+,27+,28-/m1/s1. The van der Waals surface area contributed by atoms with E-state index in [9.17, 15) is 23.6 Å². The van der Waals surface area contributed by atoms with Crippen molar-refractivity contribution in [2.75, 3.05) is 16.8 Å². The number of rotatable bonds is 6. The number of aromatic nitrogens is 1. The molecule has 0 spiro atoms. The molecule has 3 aromatic carbocycles. The number of hydrogen-bond donors (Lipinski definition) is 2. The summed E-state index contributed by atoms with van der Waals surface area (Å²) in [5.41, 5.74) is 1.78. The van der Waals surface area contributed by atoms with Gasteiger partial charge in [0.25, 0.3) is 5.91 Å². The number of carbonyl (C=O) groups is 3. The van der Waals surface area contributed by atoms with Crippen LogP contribution in [-0.4, -0.2) is 34.6 Å². The van der Waals surface area contributed by atoms with Gasteiger partial charge < -0.3 is 15.0 Å². The number of ether oxygens (including phenoxy) is 1. The molecule has 4 aliphatic rings. The number of nitrogens with zero attached hydrogens (tertiary/aromatic N) is 1. The van der Waals surface area contributed by atoms with E-state index in [-0.39, 0.29) is 58.1 Å². The summed E-state index contributed by atoms with van der Waals surface area (Å²) < 4.78 is 19.5. The SMILES string of the molecule is O=C(COc1cccc([C@@H]2c3sc(=O)[nH]c3S[C@@H]3[C@@H]4C[C@@H]([C@@H]5C(=O)N(c6ccc(F)cc6)C(=O)[C@@H]45)[C@H]23)c1)Nc1ccc(Cl)c(Cl)c1. The van der Waals surface area contributed by atoms with E-state index >= 15 is 0 Å². The molecule has 2 bridgehead atoms. The minimum atomic E-state index is -0.478. The van der Waals surface area contributed by atoms with E-state index in [4.69, 9.17) is 27.9 Å². The minimum absolute atomic E-state index is 0.00619. The average Bonchev–Trinajstić information content (AvgIpc) is 3.77. The number of nitrogens with one attached hydrogen (secondary N) is 2. The first-order chi connectivity index (χ1) is 22.2. The number of hydrogen-bond acceptors (Lipinski definition) is 7. The third-order valence-electron chi connectivity index (χ3n) is 9.60. The van der Waals surface area contributed by atoms with Crippen LogP contribution in [0.4, 0.5) is 15.8 Å². The number of imide groups is 1. The Bertz CT molecular complexity index is 1980. The molecule has 7 atom stereocenters. The second kappa shape index (κ2) is 11.3. The molecule has 2 N–H and O–H groups in total. The van der Waals surface area contributed by atoms with Gasteiger partial charge in [-0.25, -0.2) is 4.39 Å². The Kier molecular flexibility index (Phi) is 7.28. The van der Waals surface area contributed by atoms with Crippen LogP contribution >= 0.6 is 46.3 Å². The smallest absolute Gasteiger partial charge is 0.305 e. The van der Waals surface area contributed by atoms with Gasteiger partial charge in [0.05, 0.1) is 32.6 Å². The number of thiazole rings is 1. The Morgan fingerprint density at radius 3 is 2.50 bits per heavy atom. The normalized spacial score (nSPS) is 27.4. The van der Waals surface area contributed by atoms with E-state index in [0.717, 1.165) is 21.9 Å². The molecular formula is C33H24Cl2FN3O5S2.